The second-order valence-corrected chi connectivity index (χ2v) is 8.24. The van der Waals surface area contributed by atoms with Crippen molar-refractivity contribution in [2.45, 2.75) is 0 Å². The molecule has 0 N–H and O–H groups in total. The number of halogens is 11. The van der Waals surface area contributed by atoms with Crippen LogP contribution in [0.1, 0.15) is 0 Å². The molecule has 200 valence electrons. The summed E-state index contributed by atoms with van der Waals surface area (Å²) >= 11 is 0. The Kier molecular flexibility index (Phi) is 6.15. The number of fused-ring (bicyclic) bond motifs is 2. The molecule has 12 heteroatoms. The zero-order valence-corrected chi connectivity index (χ0v) is 19.0. The van der Waals surface area contributed by atoms with Crippen molar-refractivity contribution < 1.29 is 53.0 Å². The second kappa shape index (κ2) is 9.14. The summed E-state index contributed by atoms with van der Waals surface area (Å²) in [4.78, 5) is 0. The quantitative estimate of drug-likeness (QED) is 0.0931. The van der Waals surface area contributed by atoms with Crippen LogP contribution in [0.4, 0.5) is 48.3 Å². The third-order valence-electron chi connectivity index (χ3n) is 6.19. The fourth-order valence-corrected chi connectivity index (χ4v) is 4.49. The first-order valence-electron chi connectivity index (χ1n) is 10.7. The third-order valence-corrected chi connectivity index (χ3v) is 6.19. The maximum Gasteiger partial charge on any atom is 0.198 e. The van der Waals surface area contributed by atoms with Crippen LogP contribution in [0.5, 0.6) is 5.75 Å². The standard InChI is InChI=1S/C27H9F11O/c1-39-10-4-2-8(3-5-10)13-15-17(22(33)26(37)24(35)20(15)31)14(9-6-11(28)19(30)12(29)7-9)18-16(13)21(32)25(36)27(38)23(18)34/h2-7H,1H3. The SMILES string of the molecule is COc1ccc(-c2c3c(F)c(F)c(F)c(F)c3c(-c3cc(F)c(F)c(F)c3)c3c(F)c(F)c(F)c(F)c23)cc1. The monoisotopic (exact) mass is 558 g/mol. The Morgan fingerprint density at radius 1 is 0.410 bits per heavy atom. The minimum Gasteiger partial charge on any atom is -0.497 e. The molecule has 0 aromatic heterocycles. The van der Waals surface area contributed by atoms with Gasteiger partial charge >= 0.3 is 0 Å². The van der Waals surface area contributed by atoms with Gasteiger partial charge in [-0.3, -0.25) is 0 Å². The molecule has 0 unspecified atom stereocenters. The Morgan fingerprint density at radius 2 is 0.744 bits per heavy atom. The molecule has 0 saturated carbocycles. The van der Waals surface area contributed by atoms with E-state index in [1.54, 1.807) is 0 Å². The lowest BCUT2D eigenvalue weighted by Crippen LogP contribution is -2.07. The molecule has 0 radical (unpaired) electrons. The van der Waals surface area contributed by atoms with E-state index in [0.717, 1.165) is 12.1 Å². The zero-order valence-electron chi connectivity index (χ0n) is 19.0. The maximum absolute atomic E-state index is 15.4. The van der Waals surface area contributed by atoms with E-state index in [9.17, 15) is 30.7 Å². The second-order valence-electron chi connectivity index (χ2n) is 8.24. The van der Waals surface area contributed by atoms with Crippen LogP contribution in [-0.2, 0) is 0 Å². The summed E-state index contributed by atoms with van der Waals surface area (Å²) in [6.45, 7) is 0. The predicted octanol–water partition coefficient (Wildman–Crippen LogP) is 8.87. The Labute approximate surface area is 210 Å². The van der Waals surface area contributed by atoms with Crippen molar-refractivity contribution in [2.75, 3.05) is 7.11 Å². The fraction of sp³-hybridized carbons (Fsp3) is 0.0370. The van der Waals surface area contributed by atoms with Gasteiger partial charge in [0.15, 0.2) is 64.0 Å². The third kappa shape index (κ3) is 3.68. The van der Waals surface area contributed by atoms with Gasteiger partial charge in [-0.2, -0.15) is 0 Å². The molecular weight excluding hydrogens is 549 g/mol. The lowest BCUT2D eigenvalue weighted by molar-refractivity contribution is 0.415. The molecular formula is C27H9F11O. The lowest BCUT2D eigenvalue weighted by Gasteiger charge is -2.21. The van der Waals surface area contributed by atoms with Crippen LogP contribution in [0.15, 0.2) is 36.4 Å². The molecule has 0 bridgehead atoms. The van der Waals surface area contributed by atoms with Crippen molar-refractivity contribution in [3.05, 3.63) is 100 Å². The summed E-state index contributed by atoms with van der Waals surface area (Å²) in [6.07, 6.45) is 0. The molecule has 0 aliphatic rings. The first-order chi connectivity index (χ1) is 18.4. The highest BCUT2D eigenvalue weighted by Gasteiger charge is 2.34. The minimum absolute atomic E-state index is 0.122. The van der Waals surface area contributed by atoms with Crippen LogP contribution >= 0.6 is 0 Å². The molecule has 5 aromatic rings. The van der Waals surface area contributed by atoms with Crippen molar-refractivity contribution in [1.29, 1.82) is 0 Å². The Morgan fingerprint density at radius 3 is 1.08 bits per heavy atom. The number of hydrogen-bond donors (Lipinski definition) is 0. The maximum atomic E-state index is 15.4. The van der Waals surface area contributed by atoms with Crippen molar-refractivity contribution in [3.63, 3.8) is 0 Å². The Balaban J connectivity index is 2.20. The molecule has 39 heavy (non-hydrogen) atoms. The van der Waals surface area contributed by atoms with Crippen molar-refractivity contribution in [2.24, 2.45) is 0 Å². The van der Waals surface area contributed by atoms with E-state index in [2.05, 4.69) is 0 Å². The summed E-state index contributed by atoms with van der Waals surface area (Å²) in [7, 11) is 1.25. The van der Waals surface area contributed by atoms with Crippen LogP contribution in [0.25, 0.3) is 43.8 Å². The van der Waals surface area contributed by atoms with E-state index in [1.807, 2.05) is 0 Å². The smallest absolute Gasteiger partial charge is 0.198 e. The number of benzene rings is 5. The predicted molar refractivity (Wildman–Crippen MR) is 118 cm³/mol. The van der Waals surface area contributed by atoms with Crippen LogP contribution in [0.3, 0.4) is 0 Å². The normalized spacial score (nSPS) is 11.6. The topological polar surface area (TPSA) is 9.23 Å². The summed E-state index contributed by atoms with van der Waals surface area (Å²) in [5.74, 6) is -24.4. The zero-order chi connectivity index (χ0) is 28.5. The van der Waals surface area contributed by atoms with Crippen LogP contribution in [0, 0.1) is 64.0 Å². The molecule has 1 nitrogen and oxygen atoms in total. The summed E-state index contributed by atoms with van der Waals surface area (Å²) in [6, 6.07) is 4.73. The molecule has 0 heterocycles. The molecule has 0 atom stereocenters. The average molecular weight is 558 g/mol. The van der Waals surface area contributed by atoms with Crippen molar-refractivity contribution >= 4 is 21.5 Å². The van der Waals surface area contributed by atoms with Gasteiger partial charge in [0.1, 0.15) is 5.75 Å². The van der Waals surface area contributed by atoms with E-state index in [-0.39, 0.29) is 23.4 Å². The summed E-state index contributed by atoms with van der Waals surface area (Å²) in [5.41, 5.74) is -3.68. The van der Waals surface area contributed by atoms with E-state index in [4.69, 9.17) is 4.74 Å². The first-order valence-corrected chi connectivity index (χ1v) is 10.7. The van der Waals surface area contributed by atoms with Crippen molar-refractivity contribution in [3.8, 4) is 28.0 Å². The van der Waals surface area contributed by atoms with Gasteiger partial charge in [0.2, 0.25) is 0 Å². The molecule has 0 amide bonds. The van der Waals surface area contributed by atoms with Gasteiger partial charge in [-0.1, -0.05) is 12.1 Å². The van der Waals surface area contributed by atoms with Gasteiger partial charge in [0.05, 0.1) is 7.11 Å². The number of ether oxygens (including phenoxy) is 1. The molecule has 5 rings (SSSR count). The highest BCUT2D eigenvalue weighted by molar-refractivity contribution is 6.22. The molecule has 0 saturated heterocycles. The molecule has 0 aliphatic carbocycles. The fourth-order valence-electron chi connectivity index (χ4n) is 4.49. The van der Waals surface area contributed by atoms with Gasteiger partial charge in [0, 0.05) is 32.7 Å². The van der Waals surface area contributed by atoms with E-state index < -0.39 is 102 Å². The van der Waals surface area contributed by atoms with Gasteiger partial charge in [-0.05, 0) is 35.4 Å². The van der Waals surface area contributed by atoms with Crippen LogP contribution in [0.2, 0.25) is 0 Å². The lowest BCUT2D eigenvalue weighted by atomic mass is 9.84. The number of rotatable bonds is 3. The molecule has 5 aromatic carbocycles. The van der Waals surface area contributed by atoms with E-state index >= 15 is 17.6 Å². The van der Waals surface area contributed by atoms with Crippen molar-refractivity contribution in [1.82, 2.24) is 0 Å². The Bertz CT molecular complexity index is 1740. The van der Waals surface area contributed by atoms with E-state index in [1.165, 1.54) is 19.2 Å². The van der Waals surface area contributed by atoms with Crippen LogP contribution < -0.4 is 4.74 Å². The Hall–Kier alpha value is -4.35. The molecule has 0 spiro atoms. The van der Waals surface area contributed by atoms with Crippen LogP contribution in [-0.4, -0.2) is 7.11 Å². The largest absolute Gasteiger partial charge is 0.497 e. The minimum atomic E-state index is -2.46. The summed E-state index contributed by atoms with van der Waals surface area (Å²) < 4.78 is 166. The average Bonchev–Trinajstić information content (AvgIpc) is 2.93. The molecule has 0 aliphatic heterocycles. The summed E-state index contributed by atoms with van der Waals surface area (Å²) in [5, 5.41) is -5.46. The highest BCUT2D eigenvalue weighted by Crippen LogP contribution is 2.49. The molecule has 0 fully saturated rings. The van der Waals surface area contributed by atoms with Gasteiger partial charge in [-0.15, -0.1) is 0 Å². The first kappa shape index (κ1) is 26.3. The van der Waals surface area contributed by atoms with Gasteiger partial charge in [0.25, 0.3) is 0 Å². The number of hydrogen-bond acceptors (Lipinski definition) is 1. The van der Waals surface area contributed by atoms with Gasteiger partial charge < -0.3 is 4.74 Å². The number of methoxy groups -OCH3 is 1. The van der Waals surface area contributed by atoms with E-state index in [0.29, 0.717) is 0 Å². The highest BCUT2D eigenvalue weighted by atomic mass is 19.2. The van der Waals surface area contributed by atoms with Gasteiger partial charge in [-0.25, -0.2) is 48.3 Å².